The number of benzene rings is 1. The molecule has 146 valence electrons. The maximum Gasteiger partial charge on any atom is 0.191 e. The van der Waals surface area contributed by atoms with Crippen molar-refractivity contribution in [2.75, 3.05) is 39.8 Å². The molecular formula is C21H30N4OS. The molecule has 1 fully saturated rings. The molecule has 1 saturated heterocycles. The predicted octanol–water partition coefficient (Wildman–Crippen LogP) is 2.92. The highest BCUT2D eigenvalue weighted by Gasteiger charge is 2.26. The van der Waals surface area contributed by atoms with Crippen molar-refractivity contribution >= 4 is 17.3 Å². The van der Waals surface area contributed by atoms with Crippen molar-refractivity contribution < 1.29 is 4.74 Å². The smallest absolute Gasteiger partial charge is 0.191 e. The van der Waals surface area contributed by atoms with Crippen molar-refractivity contribution in [3.63, 3.8) is 0 Å². The first-order valence-corrected chi connectivity index (χ1v) is 10.5. The van der Waals surface area contributed by atoms with Gasteiger partial charge >= 0.3 is 0 Å². The number of hydrogen-bond acceptors (Lipinski definition) is 4. The van der Waals surface area contributed by atoms with Crippen LogP contribution in [0.3, 0.4) is 0 Å². The molecule has 2 atom stereocenters. The Morgan fingerprint density at radius 2 is 2.11 bits per heavy atom. The van der Waals surface area contributed by atoms with Gasteiger partial charge in [0.05, 0.1) is 18.8 Å². The number of rotatable bonds is 7. The lowest BCUT2D eigenvalue weighted by molar-refractivity contribution is -0.0334. The van der Waals surface area contributed by atoms with Crippen LogP contribution in [-0.4, -0.2) is 56.8 Å². The van der Waals surface area contributed by atoms with Crippen molar-refractivity contribution in [3.8, 4) is 0 Å². The summed E-state index contributed by atoms with van der Waals surface area (Å²) in [6, 6.07) is 15.2. The summed E-state index contributed by atoms with van der Waals surface area (Å²) in [5.74, 6) is 0.855. The molecule has 2 heterocycles. The first-order chi connectivity index (χ1) is 13.3. The number of ether oxygens (including phenoxy) is 1. The fourth-order valence-electron chi connectivity index (χ4n) is 3.40. The summed E-state index contributed by atoms with van der Waals surface area (Å²) in [6.45, 7) is 6.57. The number of guanidine groups is 1. The zero-order chi connectivity index (χ0) is 18.9. The molecule has 5 nitrogen and oxygen atoms in total. The van der Waals surface area contributed by atoms with Gasteiger partial charge in [0.15, 0.2) is 5.96 Å². The van der Waals surface area contributed by atoms with Crippen LogP contribution in [0.25, 0.3) is 0 Å². The van der Waals surface area contributed by atoms with Gasteiger partial charge in [0.1, 0.15) is 0 Å². The Kier molecular flexibility index (Phi) is 7.68. The second-order valence-corrected chi connectivity index (χ2v) is 7.80. The minimum Gasteiger partial charge on any atom is -0.376 e. The fourth-order valence-corrected chi connectivity index (χ4v) is 4.26. The second kappa shape index (κ2) is 10.4. The van der Waals surface area contributed by atoms with Gasteiger partial charge in [-0.1, -0.05) is 36.4 Å². The molecule has 2 unspecified atom stereocenters. The molecule has 1 aliphatic heterocycles. The van der Waals surface area contributed by atoms with Crippen molar-refractivity contribution in [1.29, 1.82) is 0 Å². The standard InChI is InChI=1S/C21H30N4OS/c1-17-16-25(12-13-26-17)19(20-9-6-14-27-20)15-24-21(22-2)23-11-10-18-7-4-3-5-8-18/h3-9,14,17,19H,10-13,15-16H2,1-2H3,(H2,22,23,24). The summed E-state index contributed by atoms with van der Waals surface area (Å²) in [7, 11) is 1.83. The number of hydrogen-bond donors (Lipinski definition) is 2. The molecule has 0 spiro atoms. The van der Waals surface area contributed by atoms with Crippen LogP contribution in [0.15, 0.2) is 52.8 Å². The zero-order valence-electron chi connectivity index (χ0n) is 16.2. The lowest BCUT2D eigenvalue weighted by Crippen LogP contribution is -2.48. The fraction of sp³-hybridized carbons (Fsp3) is 0.476. The van der Waals surface area contributed by atoms with Crippen LogP contribution in [0.4, 0.5) is 0 Å². The topological polar surface area (TPSA) is 48.9 Å². The van der Waals surface area contributed by atoms with Crippen molar-refractivity contribution in [3.05, 3.63) is 58.3 Å². The largest absolute Gasteiger partial charge is 0.376 e. The minimum atomic E-state index is 0.282. The molecule has 2 aromatic rings. The van der Waals surface area contributed by atoms with E-state index in [1.165, 1.54) is 10.4 Å². The van der Waals surface area contributed by atoms with Gasteiger partial charge in [-0.05, 0) is 30.4 Å². The molecule has 1 aromatic carbocycles. The number of nitrogens with zero attached hydrogens (tertiary/aromatic N) is 2. The van der Waals surface area contributed by atoms with Crippen molar-refractivity contribution in [1.82, 2.24) is 15.5 Å². The monoisotopic (exact) mass is 386 g/mol. The van der Waals surface area contributed by atoms with Crippen LogP contribution >= 0.6 is 11.3 Å². The molecule has 6 heteroatoms. The summed E-state index contributed by atoms with van der Waals surface area (Å²) < 4.78 is 5.72. The normalized spacial score (nSPS) is 19.6. The molecule has 0 aliphatic carbocycles. The molecule has 2 N–H and O–H groups in total. The maximum absolute atomic E-state index is 5.72. The minimum absolute atomic E-state index is 0.282. The molecule has 3 rings (SSSR count). The summed E-state index contributed by atoms with van der Waals surface area (Å²) >= 11 is 1.82. The summed E-state index contributed by atoms with van der Waals surface area (Å²) in [6.07, 6.45) is 1.26. The molecule has 27 heavy (non-hydrogen) atoms. The van der Waals surface area contributed by atoms with Gasteiger partial charge < -0.3 is 15.4 Å². The highest BCUT2D eigenvalue weighted by atomic mass is 32.1. The summed E-state index contributed by atoms with van der Waals surface area (Å²) in [5.41, 5.74) is 1.33. The molecule has 0 saturated carbocycles. The van der Waals surface area contributed by atoms with E-state index in [2.05, 4.69) is 75.3 Å². The van der Waals surface area contributed by atoms with Crippen LogP contribution in [0.2, 0.25) is 0 Å². The molecular weight excluding hydrogens is 356 g/mol. The Hall–Kier alpha value is -1.89. The van der Waals surface area contributed by atoms with E-state index in [1.54, 1.807) is 0 Å². The van der Waals surface area contributed by atoms with E-state index >= 15 is 0 Å². The zero-order valence-corrected chi connectivity index (χ0v) is 17.0. The summed E-state index contributed by atoms with van der Waals surface area (Å²) in [4.78, 5) is 8.29. The Morgan fingerprint density at radius 1 is 1.26 bits per heavy atom. The van der Waals surface area contributed by atoms with E-state index < -0.39 is 0 Å². The third-order valence-corrected chi connectivity index (χ3v) is 5.79. The van der Waals surface area contributed by atoms with Gasteiger partial charge in [0.25, 0.3) is 0 Å². The van der Waals surface area contributed by atoms with Gasteiger partial charge in [-0.25, -0.2) is 0 Å². The Morgan fingerprint density at radius 3 is 2.81 bits per heavy atom. The first kappa shape index (κ1) is 19.9. The predicted molar refractivity (Wildman–Crippen MR) is 114 cm³/mol. The number of morpholine rings is 1. The van der Waals surface area contributed by atoms with Crippen LogP contribution in [0.1, 0.15) is 23.4 Å². The summed E-state index contributed by atoms with van der Waals surface area (Å²) in [5, 5.41) is 9.10. The molecule has 1 aliphatic rings. The van der Waals surface area contributed by atoms with Crippen LogP contribution < -0.4 is 10.6 Å². The molecule has 0 bridgehead atoms. The van der Waals surface area contributed by atoms with Gasteiger partial charge in [-0.15, -0.1) is 11.3 Å². The average Bonchev–Trinajstić information content (AvgIpc) is 3.22. The lowest BCUT2D eigenvalue weighted by Gasteiger charge is -2.37. The Balaban J connectivity index is 1.53. The molecule has 0 amide bonds. The van der Waals surface area contributed by atoms with E-state index in [0.29, 0.717) is 6.04 Å². The maximum atomic E-state index is 5.72. The first-order valence-electron chi connectivity index (χ1n) is 9.63. The number of nitrogens with one attached hydrogen (secondary N) is 2. The van der Waals surface area contributed by atoms with Crippen molar-refractivity contribution in [2.24, 2.45) is 4.99 Å². The van der Waals surface area contributed by atoms with E-state index in [-0.39, 0.29) is 6.10 Å². The van der Waals surface area contributed by atoms with Crippen LogP contribution in [0.5, 0.6) is 0 Å². The van der Waals surface area contributed by atoms with E-state index in [0.717, 1.165) is 45.2 Å². The molecule has 0 radical (unpaired) electrons. The SMILES string of the molecule is CN=C(NCCc1ccccc1)NCC(c1cccs1)N1CCOC(C)C1. The highest BCUT2D eigenvalue weighted by Crippen LogP contribution is 2.26. The quantitative estimate of drug-likeness (QED) is 0.567. The van der Waals surface area contributed by atoms with Crippen molar-refractivity contribution in [2.45, 2.75) is 25.5 Å². The van der Waals surface area contributed by atoms with Crippen LogP contribution in [0, 0.1) is 0 Å². The second-order valence-electron chi connectivity index (χ2n) is 6.82. The van der Waals surface area contributed by atoms with E-state index in [9.17, 15) is 0 Å². The van der Waals surface area contributed by atoms with Gasteiger partial charge in [-0.3, -0.25) is 9.89 Å². The highest BCUT2D eigenvalue weighted by molar-refractivity contribution is 7.10. The van der Waals surface area contributed by atoms with Crippen LogP contribution in [-0.2, 0) is 11.2 Å². The van der Waals surface area contributed by atoms with E-state index in [1.807, 2.05) is 18.4 Å². The van der Waals surface area contributed by atoms with E-state index in [4.69, 9.17) is 4.74 Å². The Bertz CT molecular complexity index is 689. The number of aliphatic imine (C=N–C) groups is 1. The third kappa shape index (κ3) is 6.06. The van der Waals surface area contributed by atoms with Gasteiger partial charge in [-0.2, -0.15) is 0 Å². The van der Waals surface area contributed by atoms with Gasteiger partial charge in [0, 0.05) is 38.1 Å². The van der Waals surface area contributed by atoms with Gasteiger partial charge in [0.2, 0.25) is 0 Å². The Labute approximate surface area is 166 Å². The third-order valence-electron chi connectivity index (χ3n) is 4.82. The average molecular weight is 387 g/mol. The lowest BCUT2D eigenvalue weighted by atomic mass is 10.1. The number of thiophene rings is 1. The molecule has 1 aromatic heterocycles.